The summed E-state index contributed by atoms with van der Waals surface area (Å²) in [4.78, 5) is 0. The van der Waals surface area contributed by atoms with E-state index in [0.29, 0.717) is 5.57 Å². The number of rotatable bonds is 3. The van der Waals surface area contributed by atoms with Crippen molar-refractivity contribution in [2.45, 2.75) is 6.92 Å². The number of nitriles is 1. The van der Waals surface area contributed by atoms with Crippen LogP contribution in [0.3, 0.4) is 0 Å². The molecule has 0 saturated carbocycles. The lowest BCUT2D eigenvalue weighted by Gasteiger charge is -2.08. The van der Waals surface area contributed by atoms with Gasteiger partial charge in [-0.05, 0) is 68.1 Å². The Kier molecular flexibility index (Phi) is 5.22. The first-order valence-corrected chi connectivity index (χ1v) is 7.85. The number of benzene rings is 2. The third kappa shape index (κ3) is 3.75. The maximum absolute atomic E-state index is 9.38. The Hall–Kier alpha value is -1.57. The van der Waals surface area contributed by atoms with E-state index in [9.17, 15) is 5.26 Å². The van der Waals surface area contributed by atoms with Gasteiger partial charge < -0.3 is 4.74 Å². The number of allylic oxidation sites excluding steroid dienone is 1. The molecule has 0 heterocycles. The molecule has 0 bridgehead atoms. The fraction of sp³-hybridized carbons (Fsp3) is 0.118. The van der Waals surface area contributed by atoms with Crippen molar-refractivity contribution in [2.75, 3.05) is 7.11 Å². The maximum Gasteiger partial charge on any atom is 0.147 e. The third-order valence-electron chi connectivity index (χ3n) is 3.02. The molecule has 106 valence electrons. The molecule has 21 heavy (non-hydrogen) atoms. The number of hydrogen-bond acceptors (Lipinski definition) is 2. The zero-order valence-electron chi connectivity index (χ0n) is 11.7. The van der Waals surface area contributed by atoms with E-state index < -0.39 is 0 Å². The number of ether oxygens (including phenoxy) is 1. The highest BCUT2D eigenvalue weighted by molar-refractivity contribution is 9.11. The summed E-state index contributed by atoms with van der Waals surface area (Å²) < 4.78 is 6.96. The molecule has 0 aliphatic carbocycles. The van der Waals surface area contributed by atoms with E-state index >= 15 is 0 Å². The first-order valence-electron chi connectivity index (χ1n) is 6.27. The molecule has 0 fully saturated rings. The van der Waals surface area contributed by atoms with E-state index in [1.54, 1.807) is 7.11 Å². The molecule has 2 aromatic carbocycles. The summed E-state index contributed by atoms with van der Waals surface area (Å²) in [6, 6.07) is 14.0. The molecule has 0 atom stereocenters. The van der Waals surface area contributed by atoms with E-state index in [-0.39, 0.29) is 0 Å². The molecule has 0 N–H and O–H groups in total. The second-order valence-corrected chi connectivity index (χ2v) is 6.26. The Balaban J connectivity index is 2.46. The van der Waals surface area contributed by atoms with Gasteiger partial charge in [-0.1, -0.05) is 29.8 Å². The highest BCUT2D eigenvalue weighted by atomic mass is 79.9. The van der Waals surface area contributed by atoms with E-state index in [1.807, 2.05) is 49.4 Å². The highest BCUT2D eigenvalue weighted by Crippen LogP contribution is 2.35. The summed E-state index contributed by atoms with van der Waals surface area (Å²) in [7, 11) is 1.62. The Bertz CT molecular complexity index is 704. The summed E-state index contributed by atoms with van der Waals surface area (Å²) in [5, 5.41) is 9.38. The molecule has 2 rings (SSSR count). The highest BCUT2D eigenvalue weighted by Gasteiger charge is 2.08. The smallest absolute Gasteiger partial charge is 0.147 e. The van der Waals surface area contributed by atoms with Crippen LogP contribution >= 0.6 is 31.9 Å². The summed E-state index contributed by atoms with van der Waals surface area (Å²) >= 11 is 6.94. The number of nitrogens with zero attached hydrogens (tertiary/aromatic N) is 1. The van der Waals surface area contributed by atoms with Gasteiger partial charge in [-0.2, -0.15) is 5.26 Å². The van der Waals surface area contributed by atoms with Crippen molar-refractivity contribution in [2.24, 2.45) is 0 Å². The summed E-state index contributed by atoms with van der Waals surface area (Å²) in [6.45, 7) is 2.03. The van der Waals surface area contributed by atoms with Gasteiger partial charge in [-0.15, -0.1) is 0 Å². The van der Waals surface area contributed by atoms with Gasteiger partial charge in [0.25, 0.3) is 0 Å². The van der Waals surface area contributed by atoms with Crippen LogP contribution in [0.1, 0.15) is 16.7 Å². The van der Waals surface area contributed by atoms with Crippen LogP contribution in [0.4, 0.5) is 0 Å². The molecular weight excluding hydrogens is 394 g/mol. The van der Waals surface area contributed by atoms with Crippen molar-refractivity contribution in [1.82, 2.24) is 0 Å². The second-order valence-electron chi connectivity index (χ2n) is 4.55. The lowest BCUT2D eigenvalue weighted by Crippen LogP contribution is -1.88. The summed E-state index contributed by atoms with van der Waals surface area (Å²) in [6.07, 6.45) is 1.86. The van der Waals surface area contributed by atoms with Crippen LogP contribution in [0.2, 0.25) is 0 Å². The fourth-order valence-electron chi connectivity index (χ4n) is 1.94. The Morgan fingerprint density at radius 2 is 1.71 bits per heavy atom. The Labute approximate surface area is 141 Å². The lowest BCUT2D eigenvalue weighted by molar-refractivity contribution is 0.409. The van der Waals surface area contributed by atoms with Crippen LogP contribution in [0.25, 0.3) is 11.6 Å². The molecule has 2 aromatic rings. The predicted molar refractivity (Wildman–Crippen MR) is 93.1 cm³/mol. The second kappa shape index (κ2) is 6.93. The maximum atomic E-state index is 9.38. The van der Waals surface area contributed by atoms with Crippen molar-refractivity contribution in [1.29, 1.82) is 5.26 Å². The van der Waals surface area contributed by atoms with Crippen LogP contribution in [-0.4, -0.2) is 7.11 Å². The minimum atomic E-state index is 0.624. The molecule has 0 aliphatic rings. The first-order chi connectivity index (χ1) is 10.0. The van der Waals surface area contributed by atoms with E-state index in [0.717, 1.165) is 25.8 Å². The van der Waals surface area contributed by atoms with Gasteiger partial charge >= 0.3 is 0 Å². The molecule has 0 unspecified atom stereocenters. The van der Waals surface area contributed by atoms with Crippen molar-refractivity contribution in [3.8, 4) is 11.8 Å². The molecule has 0 radical (unpaired) electrons. The molecule has 2 nitrogen and oxygen atoms in total. The van der Waals surface area contributed by atoms with Crippen LogP contribution in [-0.2, 0) is 0 Å². The van der Waals surface area contributed by atoms with Crippen molar-refractivity contribution < 1.29 is 4.74 Å². The zero-order chi connectivity index (χ0) is 15.4. The van der Waals surface area contributed by atoms with Gasteiger partial charge in [-0.3, -0.25) is 0 Å². The van der Waals surface area contributed by atoms with Gasteiger partial charge in [0.15, 0.2) is 0 Å². The Morgan fingerprint density at radius 1 is 1.14 bits per heavy atom. The normalized spacial score (nSPS) is 11.1. The predicted octanol–water partition coefficient (Wildman–Crippen LogP) is 5.59. The van der Waals surface area contributed by atoms with Crippen LogP contribution < -0.4 is 4.74 Å². The average molecular weight is 407 g/mol. The molecule has 0 aromatic heterocycles. The quantitative estimate of drug-likeness (QED) is 0.491. The monoisotopic (exact) mass is 405 g/mol. The van der Waals surface area contributed by atoms with Crippen LogP contribution in [0.5, 0.6) is 5.75 Å². The van der Waals surface area contributed by atoms with Gasteiger partial charge in [0.1, 0.15) is 5.75 Å². The Morgan fingerprint density at radius 3 is 2.19 bits per heavy atom. The largest absolute Gasteiger partial charge is 0.494 e. The van der Waals surface area contributed by atoms with Gasteiger partial charge in [0.2, 0.25) is 0 Å². The van der Waals surface area contributed by atoms with Gasteiger partial charge in [0, 0.05) is 0 Å². The average Bonchev–Trinajstić information content (AvgIpc) is 2.45. The molecular formula is C17H13Br2NO. The first kappa shape index (κ1) is 15.8. The minimum absolute atomic E-state index is 0.624. The van der Waals surface area contributed by atoms with E-state index in [1.165, 1.54) is 5.56 Å². The fourth-order valence-corrected chi connectivity index (χ4v) is 3.48. The van der Waals surface area contributed by atoms with Gasteiger partial charge in [0.05, 0.1) is 27.7 Å². The van der Waals surface area contributed by atoms with Crippen LogP contribution in [0, 0.1) is 18.3 Å². The topological polar surface area (TPSA) is 33.0 Å². The molecule has 0 aliphatic heterocycles. The number of hydrogen-bond donors (Lipinski definition) is 0. The molecule has 0 saturated heterocycles. The zero-order valence-corrected chi connectivity index (χ0v) is 14.8. The van der Waals surface area contributed by atoms with Gasteiger partial charge in [-0.25, -0.2) is 0 Å². The number of aryl methyl sites for hydroxylation is 1. The van der Waals surface area contributed by atoms with Crippen molar-refractivity contribution >= 4 is 43.5 Å². The lowest BCUT2D eigenvalue weighted by atomic mass is 10.0. The minimum Gasteiger partial charge on any atom is -0.494 e. The van der Waals surface area contributed by atoms with Crippen molar-refractivity contribution in [3.05, 3.63) is 62.0 Å². The molecule has 0 amide bonds. The standard InChI is InChI=1S/C17H13Br2NO/c1-11-3-5-13(6-4-11)14(10-20)7-12-8-15(18)17(21-2)16(19)9-12/h3-9H,1-2H3/b14-7+. The number of methoxy groups -OCH3 is 1. The van der Waals surface area contributed by atoms with Crippen LogP contribution in [0.15, 0.2) is 45.3 Å². The summed E-state index contributed by atoms with van der Waals surface area (Å²) in [5.41, 5.74) is 3.63. The van der Waals surface area contributed by atoms with E-state index in [4.69, 9.17) is 4.74 Å². The summed E-state index contributed by atoms with van der Waals surface area (Å²) in [5.74, 6) is 0.737. The van der Waals surface area contributed by atoms with Crippen molar-refractivity contribution in [3.63, 3.8) is 0 Å². The molecule has 4 heteroatoms. The number of halogens is 2. The SMILES string of the molecule is COc1c(Br)cc(/C=C(\C#N)c2ccc(C)cc2)cc1Br. The third-order valence-corrected chi connectivity index (χ3v) is 4.20. The molecule has 0 spiro atoms. The van der Waals surface area contributed by atoms with E-state index in [2.05, 4.69) is 37.9 Å².